The summed E-state index contributed by atoms with van der Waals surface area (Å²) in [7, 11) is 0. The molecule has 0 aliphatic heterocycles. The van der Waals surface area contributed by atoms with Crippen LogP contribution in [0.15, 0.2) is 28.2 Å². The molecule has 0 saturated carbocycles. The Morgan fingerprint density at radius 1 is 1.57 bits per heavy atom. The minimum Gasteiger partial charge on any atom is -0.206 e. The molecular weight excluding hydrogens is 266 g/mol. The predicted molar refractivity (Wildman–Crippen MR) is 63.1 cm³/mol. The van der Waals surface area contributed by atoms with Gasteiger partial charge in [-0.25, -0.2) is 4.39 Å². The summed E-state index contributed by atoms with van der Waals surface area (Å²) < 4.78 is 13.6. The van der Waals surface area contributed by atoms with E-state index in [0.29, 0.717) is 4.47 Å². The quantitative estimate of drug-likeness (QED) is 0.692. The van der Waals surface area contributed by atoms with Gasteiger partial charge in [-0.2, -0.15) is 0 Å². The van der Waals surface area contributed by atoms with E-state index in [1.807, 2.05) is 26.0 Å². The van der Waals surface area contributed by atoms with Gasteiger partial charge in [-0.3, -0.25) is 0 Å². The number of halogens is 3. The number of benzene rings is 1. The molecule has 76 valence electrons. The lowest BCUT2D eigenvalue weighted by atomic mass is 10.1. The lowest BCUT2D eigenvalue weighted by Gasteiger charge is -2.05. The normalized spacial score (nSPS) is 14.2. The number of alkyl halides is 1. The summed E-state index contributed by atoms with van der Waals surface area (Å²) in [5.74, 6) is -0.256. The Morgan fingerprint density at radius 3 is 2.79 bits per heavy atom. The van der Waals surface area contributed by atoms with E-state index < -0.39 is 0 Å². The van der Waals surface area contributed by atoms with Crippen LogP contribution in [0.25, 0.3) is 6.08 Å². The average Bonchev–Trinajstić information content (AvgIpc) is 2.12. The van der Waals surface area contributed by atoms with E-state index in [9.17, 15) is 4.39 Å². The molecule has 0 bridgehead atoms. The molecule has 0 fully saturated rings. The zero-order chi connectivity index (χ0) is 10.7. The van der Waals surface area contributed by atoms with Crippen LogP contribution in [0, 0.1) is 5.82 Å². The molecule has 0 heterocycles. The van der Waals surface area contributed by atoms with Crippen molar-refractivity contribution in [1.29, 1.82) is 0 Å². The van der Waals surface area contributed by atoms with Crippen molar-refractivity contribution < 1.29 is 4.39 Å². The number of allylic oxidation sites excluding steroid dienone is 1. The fourth-order valence-corrected chi connectivity index (χ4v) is 1.43. The Labute approximate surface area is 96.9 Å². The third kappa shape index (κ3) is 2.82. The number of hydrogen-bond donors (Lipinski definition) is 0. The van der Waals surface area contributed by atoms with Gasteiger partial charge in [0.05, 0.1) is 9.85 Å². The van der Waals surface area contributed by atoms with E-state index in [-0.39, 0.29) is 11.2 Å². The molecule has 1 unspecified atom stereocenters. The van der Waals surface area contributed by atoms with Gasteiger partial charge >= 0.3 is 0 Å². The van der Waals surface area contributed by atoms with Crippen LogP contribution in [0.3, 0.4) is 0 Å². The Morgan fingerprint density at radius 2 is 2.21 bits per heavy atom. The molecule has 1 rings (SSSR count). The highest BCUT2D eigenvalue weighted by Gasteiger charge is 2.04. The van der Waals surface area contributed by atoms with Crippen LogP contribution >= 0.6 is 27.5 Å². The highest BCUT2D eigenvalue weighted by molar-refractivity contribution is 9.10. The summed E-state index contributed by atoms with van der Waals surface area (Å²) >= 11 is 9.09. The zero-order valence-electron chi connectivity index (χ0n) is 8.02. The van der Waals surface area contributed by atoms with Crippen molar-refractivity contribution in [2.45, 2.75) is 19.2 Å². The molecule has 1 aromatic rings. The van der Waals surface area contributed by atoms with Crippen LogP contribution in [-0.4, -0.2) is 5.38 Å². The van der Waals surface area contributed by atoms with Crippen LogP contribution in [0.2, 0.25) is 0 Å². The van der Waals surface area contributed by atoms with Gasteiger partial charge in [-0.05, 0) is 41.4 Å². The minimum atomic E-state index is -0.256. The second-order valence-corrected chi connectivity index (χ2v) is 4.60. The maximum absolute atomic E-state index is 13.1. The maximum Gasteiger partial charge on any atom is 0.137 e. The van der Waals surface area contributed by atoms with Gasteiger partial charge in [0.25, 0.3) is 0 Å². The molecule has 0 saturated heterocycles. The summed E-state index contributed by atoms with van der Waals surface area (Å²) in [4.78, 5) is 0. The molecule has 14 heavy (non-hydrogen) atoms. The summed E-state index contributed by atoms with van der Waals surface area (Å²) in [5.41, 5.74) is 1.83. The topological polar surface area (TPSA) is 0 Å². The van der Waals surface area contributed by atoms with E-state index in [4.69, 9.17) is 11.6 Å². The SMILES string of the molecule is C/C(=C\c1cccc(F)c1Br)C(C)Cl. The third-order valence-corrected chi connectivity index (χ3v) is 3.17. The van der Waals surface area contributed by atoms with Gasteiger partial charge in [0.2, 0.25) is 0 Å². The Bertz CT molecular complexity index is 358. The van der Waals surface area contributed by atoms with E-state index in [0.717, 1.165) is 11.1 Å². The van der Waals surface area contributed by atoms with Gasteiger partial charge in [0, 0.05) is 0 Å². The van der Waals surface area contributed by atoms with E-state index >= 15 is 0 Å². The molecule has 0 radical (unpaired) electrons. The van der Waals surface area contributed by atoms with Crippen LogP contribution in [-0.2, 0) is 0 Å². The van der Waals surface area contributed by atoms with Crippen molar-refractivity contribution in [3.05, 3.63) is 39.6 Å². The Balaban J connectivity index is 3.09. The molecule has 0 N–H and O–H groups in total. The van der Waals surface area contributed by atoms with Gasteiger partial charge in [0.15, 0.2) is 0 Å². The van der Waals surface area contributed by atoms with Crippen molar-refractivity contribution in [3.63, 3.8) is 0 Å². The van der Waals surface area contributed by atoms with Crippen LogP contribution in [0.1, 0.15) is 19.4 Å². The fourth-order valence-electron chi connectivity index (χ4n) is 0.992. The maximum atomic E-state index is 13.1. The van der Waals surface area contributed by atoms with Gasteiger partial charge in [-0.15, -0.1) is 11.6 Å². The van der Waals surface area contributed by atoms with Crippen molar-refractivity contribution in [1.82, 2.24) is 0 Å². The lowest BCUT2D eigenvalue weighted by molar-refractivity contribution is 0.620. The molecule has 1 aromatic carbocycles. The largest absolute Gasteiger partial charge is 0.206 e. The molecule has 3 heteroatoms. The summed E-state index contributed by atoms with van der Waals surface area (Å²) in [6.45, 7) is 3.82. The molecular formula is C11H11BrClF. The Hall–Kier alpha value is -0.340. The molecule has 0 amide bonds. The lowest BCUT2D eigenvalue weighted by Crippen LogP contribution is -1.92. The summed E-state index contributed by atoms with van der Waals surface area (Å²) in [5, 5.41) is -0.0369. The van der Waals surface area contributed by atoms with Crippen molar-refractivity contribution in [2.75, 3.05) is 0 Å². The van der Waals surface area contributed by atoms with Gasteiger partial charge < -0.3 is 0 Å². The zero-order valence-corrected chi connectivity index (χ0v) is 10.4. The van der Waals surface area contributed by atoms with E-state index in [2.05, 4.69) is 15.9 Å². The van der Waals surface area contributed by atoms with Gasteiger partial charge in [0.1, 0.15) is 5.82 Å². The molecule has 0 spiro atoms. The van der Waals surface area contributed by atoms with Crippen LogP contribution in [0.4, 0.5) is 4.39 Å². The molecule has 0 aliphatic rings. The highest BCUT2D eigenvalue weighted by atomic mass is 79.9. The second-order valence-electron chi connectivity index (χ2n) is 3.15. The molecule has 0 nitrogen and oxygen atoms in total. The molecule has 0 aromatic heterocycles. The van der Waals surface area contributed by atoms with Crippen molar-refractivity contribution in [2.24, 2.45) is 0 Å². The first kappa shape index (κ1) is 11.7. The summed E-state index contributed by atoms with van der Waals surface area (Å²) in [6, 6.07) is 4.94. The first-order valence-electron chi connectivity index (χ1n) is 4.28. The van der Waals surface area contributed by atoms with E-state index in [1.165, 1.54) is 6.07 Å². The molecule has 1 atom stereocenters. The number of hydrogen-bond acceptors (Lipinski definition) is 0. The van der Waals surface area contributed by atoms with Crippen molar-refractivity contribution >= 4 is 33.6 Å². The van der Waals surface area contributed by atoms with Crippen LogP contribution in [0.5, 0.6) is 0 Å². The second kappa shape index (κ2) is 4.94. The fraction of sp³-hybridized carbons (Fsp3) is 0.273. The van der Waals surface area contributed by atoms with E-state index in [1.54, 1.807) is 6.07 Å². The number of rotatable bonds is 2. The summed E-state index contributed by atoms with van der Waals surface area (Å²) in [6.07, 6.45) is 1.88. The highest BCUT2D eigenvalue weighted by Crippen LogP contribution is 2.23. The van der Waals surface area contributed by atoms with Gasteiger partial charge in [-0.1, -0.05) is 23.8 Å². The Kier molecular flexibility index (Phi) is 4.14. The predicted octanol–water partition coefficient (Wildman–Crippen LogP) is 4.62. The van der Waals surface area contributed by atoms with Crippen LogP contribution < -0.4 is 0 Å². The monoisotopic (exact) mass is 276 g/mol. The average molecular weight is 278 g/mol. The third-order valence-electron chi connectivity index (χ3n) is 1.99. The first-order valence-corrected chi connectivity index (χ1v) is 5.51. The molecule has 0 aliphatic carbocycles. The standard InChI is InChI=1S/C11H11BrClF/c1-7(8(2)13)6-9-4-3-5-10(14)11(9)12/h3-6,8H,1-2H3/b7-6+. The minimum absolute atomic E-state index is 0.0369. The first-order chi connectivity index (χ1) is 6.52. The van der Waals surface area contributed by atoms with Crippen molar-refractivity contribution in [3.8, 4) is 0 Å². The smallest absolute Gasteiger partial charge is 0.137 e.